The molecule has 1 aliphatic heterocycles. The van der Waals surface area contributed by atoms with Crippen molar-refractivity contribution in [2.75, 3.05) is 20.2 Å². The van der Waals surface area contributed by atoms with E-state index in [1.807, 2.05) is 38.1 Å². The predicted octanol–water partition coefficient (Wildman–Crippen LogP) is 2.19. The maximum Gasteiger partial charge on any atom is 0.262 e. The molecule has 8 nitrogen and oxygen atoms in total. The number of nitrogens with one attached hydrogen (secondary N) is 1. The molecule has 0 unspecified atom stereocenters. The van der Waals surface area contributed by atoms with Gasteiger partial charge in [0.05, 0.1) is 19.4 Å². The third-order valence-electron chi connectivity index (χ3n) is 5.13. The van der Waals surface area contributed by atoms with Gasteiger partial charge >= 0.3 is 0 Å². The smallest absolute Gasteiger partial charge is 0.262 e. The molecule has 1 aromatic carbocycles. The Hall–Kier alpha value is -2.39. The molecule has 0 aliphatic carbocycles. The molecule has 2 heterocycles. The molecular formula is C20H28N4O4S. The number of rotatable bonds is 7. The molecule has 9 heteroatoms. The Balaban J connectivity index is 1.63. The van der Waals surface area contributed by atoms with Gasteiger partial charge in [-0.25, -0.2) is 13.4 Å². The quantitative estimate of drug-likeness (QED) is 0.741. The molecule has 1 amide bonds. The van der Waals surface area contributed by atoms with Crippen LogP contribution in [-0.2, 0) is 21.4 Å². The van der Waals surface area contributed by atoms with E-state index in [-0.39, 0.29) is 29.4 Å². The highest BCUT2D eigenvalue weighted by molar-refractivity contribution is 7.89. The van der Waals surface area contributed by atoms with Crippen molar-refractivity contribution < 1.29 is 17.9 Å². The molecule has 1 atom stereocenters. The molecule has 3 rings (SSSR count). The summed E-state index contributed by atoms with van der Waals surface area (Å²) < 4.78 is 34.2. The van der Waals surface area contributed by atoms with Gasteiger partial charge in [0.25, 0.3) is 10.0 Å². The summed E-state index contributed by atoms with van der Waals surface area (Å²) >= 11 is 0. The number of methoxy groups -OCH3 is 1. The van der Waals surface area contributed by atoms with Crippen molar-refractivity contribution in [3.63, 3.8) is 0 Å². The predicted molar refractivity (Wildman–Crippen MR) is 109 cm³/mol. The number of hydrogen-bond acceptors (Lipinski definition) is 5. The van der Waals surface area contributed by atoms with Crippen LogP contribution in [0.4, 0.5) is 0 Å². The van der Waals surface area contributed by atoms with Crippen molar-refractivity contribution in [1.82, 2.24) is 19.2 Å². The number of ether oxygens (including phenoxy) is 1. The SMILES string of the molecule is COc1cccc(CNC(=O)[C@@H]2CCCN(S(=O)(=O)c3cn(C(C)C)cn3)C2)c1. The second-order valence-corrected chi connectivity index (χ2v) is 9.41. The van der Waals surface area contributed by atoms with E-state index in [2.05, 4.69) is 10.3 Å². The van der Waals surface area contributed by atoms with Crippen molar-refractivity contribution in [1.29, 1.82) is 0 Å². The minimum atomic E-state index is -3.71. The van der Waals surface area contributed by atoms with Crippen LogP contribution in [0.25, 0.3) is 0 Å². The van der Waals surface area contributed by atoms with Gasteiger partial charge in [0.2, 0.25) is 5.91 Å². The third kappa shape index (κ3) is 4.97. The number of piperidine rings is 1. The first-order valence-electron chi connectivity index (χ1n) is 9.75. The van der Waals surface area contributed by atoms with Crippen LogP contribution in [0.15, 0.2) is 41.8 Å². The molecule has 0 spiro atoms. The third-order valence-corrected chi connectivity index (χ3v) is 6.88. The summed E-state index contributed by atoms with van der Waals surface area (Å²) in [6.45, 7) is 4.86. The fraction of sp³-hybridized carbons (Fsp3) is 0.500. The van der Waals surface area contributed by atoms with Gasteiger partial charge in [-0.05, 0) is 44.4 Å². The summed E-state index contributed by atoms with van der Waals surface area (Å²) in [7, 11) is -2.12. The Morgan fingerprint density at radius 3 is 2.86 bits per heavy atom. The zero-order valence-electron chi connectivity index (χ0n) is 17.0. The molecule has 1 aromatic heterocycles. The topological polar surface area (TPSA) is 93.5 Å². The monoisotopic (exact) mass is 420 g/mol. The number of sulfonamides is 1. The Labute approximate surface area is 171 Å². The minimum absolute atomic E-state index is 0.0311. The number of nitrogens with zero attached hydrogens (tertiary/aromatic N) is 3. The fourth-order valence-electron chi connectivity index (χ4n) is 3.36. The van der Waals surface area contributed by atoms with E-state index >= 15 is 0 Å². The molecule has 1 aliphatic rings. The van der Waals surface area contributed by atoms with Crippen molar-refractivity contribution in [2.45, 2.75) is 44.3 Å². The highest BCUT2D eigenvalue weighted by Gasteiger charge is 2.34. The lowest BCUT2D eigenvalue weighted by Crippen LogP contribution is -2.45. The molecule has 1 N–H and O–H groups in total. The number of imidazole rings is 1. The van der Waals surface area contributed by atoms with E-state index < -0.39 is 10.0 Å². The Morgan fingerprint density at radius 2 is 2.17 bits per heavy atom. The lowest BCUT2D eigenvalue weighted by atomic mass is 9.99. The van der Waals surface area contributed by atoms with Crippen LogP contribution in [0, 0.1) is 5.92 Å². The van der Waals surface area contributed by atoms with Crippen molar-refractivity contribution >= 4 is 15.9 Å². The highest BCUT2D eigenvalue weighted by atomic mass is 32.2. The Morgan fingerprint density at radius 1 is 1.38 bits per heavy atom. The van der Waals surface area contributed by atoms with Gasteiger partial charge in [0.15, 0.2) is 5.03 Å². The van der Waals surface area contributed by atoms with Crippen LogP contribution in [0.3, 0.4) is 0 Å². The van der Waals surface area contributed by atoms with E-state index in [0.717, 1.165) is 11.3 Å². The fourth-order valence-corrected chi connectivity index (χ4v) is 4.80. The molecule has 158 valence electrons. The van der Waals surface area contributed by atoms with Gasteiger partial charge in [-0.1, -0.05) is 12.1 Å². The largest absolute Gasteiger partial charge is 0.497 e. The molecule has 2 aromatic rings. The van der Waals surface area contributed by atoms with E-state index in [9.17, 15) is 13.2 Å². The first-order chi connectivity index (χ1) is 13.8. The summed E-state index contributed by atoms with van der Waals surface area (Å²) in [5, 5.41) is 2.95. The summed E-state index contributed by atoms with van der Waals surface area (Å²) in [6, 6.07) is 7.61. The molecule has 0 radical (unpaired) electrons. The molecule has 0 bridgehead atoms. The average Bonchev–Trinajstić information content (AvgIpc) is 3.24. The summed E-state index contributed by atoms with van der Waals surface area (Å²) in [5.41, 5.74) is 0.928. The number of carbonyl (C=O) groups is 1. The molecule has 1 saturated heterocycles. The minimum Gasteiger partial charge on any atom is -0.497 e. The van der Waals surface area contributed by atoms with Gasteiger partial charge < -0.3 is 14.6 Å². The number of aromatic nitrogens is 2. The Bertz CT molecular complexity index is 955. The maximum atomic E-state index is 12.9. The van der Waals surface area contributed by atoms with Crippen LogP contribution in [0.2, 0.25) is 0 Å². The Kier molecular flexibility index (Phi) is 6.59. The summed E-state index contributed by atoms with van der Waals surface area (Å²) in [5.74, 6) is 0.212. The maximum absolute atomic E-state index is 12.9. The van der Waals surface area contributed by atoms with Gasteiger partial charge in [-0.3, -0.25) is 4.79 Å². The van der Waals surface area contributed by atoms with Gasteiger partial charge in [0.1, 0.15) is 5.75 Å². The van der Waals surface area contributed by atoms with Crippen molar-refractivity contribution in [2.24, 2.45) is 5.92 Å². The number of hydrogen-bond donors (Lipinski definition) is 1. The van der Waals surface area contributed by atoms with Gasteiger partial charge in [-0.15, -0.1) is 0 Å². The van der Waals surface area contributed by atoms with Crippen LogP contribution in [0.1, 0.15) is 38.3 Å². The molecule has 1 fully saturated rings. The summed E-state index contributed by atoms with van der Waals surface area (Å²) in [6.07, 6.45) is 4.38. The van der Waals surface area contributed by atoms with Gasteiger partial charge in [0, 0.05) is 31.9 Å². The molecule has 0 saturated carbocycles. The molecule has 29 heavy (non-hydrogen) atoms. The van der Waals surface area contributed by atoms with E-state index in [1.165, 1.54) is 10.6 Å². The van der Waals surface area contributed by atoms with Crippen LogP contribution >= 0.6 is 0 Å². The lowest BCUT2D eigenvalue weighted by Gasteiger charge is -2.30. The number of amides is 1. The van der Waals surface area contributed by atoms with Crippen molar-refractivity contribution in [3.8, 4) is 5.75 Å². The number of benzene rings is 1. The second-order valence-electron chi connectivity index (χ2n) is 7.52. The number of carbonyl (C=O) groups excluding carboxylic acids is 1. The zero-order chi connectivity index (χ0) is 21.0. The first-order valence-corrected chi connectivity index (χ1v) is 11.2. The lowest BCUT2D eigenvalue weighted by molar-refractivity contribution is -0.126. The normalized spacial score (nSPS) is 18.0. The standard InChI is InChI=1S/C20H28N4O4S/c1-15(2)23-13-19(22-14-23)29(26,27)24-9-5-7-17(12-24)20(25)21-11-16-6-4-8-18(10-16)28-3/h4,6,8,10,13-15,17H,5,7,9,11-12H2,1-3H3,(H,21,25)/t17-/m1/s1. The van der Waals surface area contributed by atoms with Crippen LogP contribution in [-0.4, -0.2) is 48.4 Å². The van der Waals surface area contributed by atoms with Crippen LogP contribution < -0.4 is 10.1 Å². The highest BCUT2D eigenvalue weighted by Crippen LogP contribution is 2.24. The van der Waals surface area contributed by atoms with Crippen LogP contribution in [0.5, 0.6) is 5.75 Å². The first kappa shape index (κ1) is 21.3. The molecular weight excluding hydrogens is 392 g/mol. The second kappa shape index (κ2) is 8.96. The summed E-state index contributed by atoms with van der Waals surface area (Å²) in [4.78, 5) is 16.7. The van der Waals surface area contributed by atoms with E-state index in [0.29, 0.717) is 25.9 Å². The van der Waals surface area contributed by atoms with E-state index in [1.54, 1.807) is 17.9 Å². The van der Waals surface area contributed by atoms with E-state index in [4.69, 9.17) is 4.74 Å². The average molecular weight is 421 g/mol. The zero-order valence-corrected chi connectivity index (χ0v) is 17.9. The van der Waals surface area contributed by atoms with Gasteiger partial charge in [-0.2, -0.15) is 4.31 Å². The van der Waals surface area contributed by atoms with Crippen molar-refractivity contribution in [3.05, 3.63) is 42.4 Å².